The van der Waals surface area contributed by atoms with Crippen LogP contribution in [0.5, 0.6) is 0 Å². The van der Waals surface area contributed by atoms with E-state index in [9.17, 15) is 4.79 Å². The van der Waals surface area contributed by atoms with Crippen LogP contribution in [0, 0.1) is 0 Å². The first-order chi connectivity index (χ1) is 14.3. The highest BCUT2D eigenvalue weighted by Crippen LogP contribution is 2.30. The summed E-state index contributed by atoms with van der Waals surface area (Å²) < 4.78 is 5.50. The Morgan fingerprint density at radius 3 is 2.90 bits per heavy atom. The molecule has 0 atom stereocenters. The largest absolute Gasteiger partial charge is 0.379 e. The molecule has 8 heteroatoms. The predicted molar refractivity (Wildman–Crippen MR) is 108 cm³/mol. The molecule has 0 spiro atoms. The van der Waals surface area contributed by atoms with Crippen LogP contribution in [-0.4, -0.2) is 57.8 Å². The van der Waals surface area contributed by atoms with E-state index in [1.807, 2.05) is 6.08 Å². The third-order valence-electron chi connectivity index (χ3n) is 5.81. The van der Waals surface area contributed by atoms with Crippen LogP contribution in [0.25, 0.3) is 6.08 Å². The molecular weight excluding hydrogens is 368 g/mol. The number of nitrogens with zero attached hydrogens (tertiary/aromatic N) is 4. The van der Waals surface area contributed by atoms with Gasteiger partial charge in [0.25, 0.3) is 5.91 Å². The van der Waals surface area contributed by atoms with E-state index < -0.39 is 0 Å². The molecule has 1 saturated heterocycles. The van der Waals surface area contributed by atoms with Gasteiger partial charge in [-0.2, -0.15) is 5.10 Å². The molecule has 1 fully saturated rings. The second-order valence-electron chi connectivity index (χ2n) is 7.62. The van der Waals surface area contributed by atoms with Gasteiger partial charge in [-0.15, -0.1) is 0 Å². The highest BCUT2D eigenvalue weighted by Gasteiger charge is 2.27. The van der Waals surface area contributed by atoms with E-state index in [-0.39, 0.29) is 5.91 Å². The minimum atomic E-state index is -0.205. The summed E-state index contributed by atoms with van der Waals surface area (Å²) in [6, 6.07) is 1.77. The van der Waals surface area contributed by atoms with Gasteiger partial charge in [0, 0.05) is 37.2 Å². The maximum absolute atomic E-state index is 12.5. The van der Waals surface area contributed by atoms with Crippen molar-refractivity contribution in [3.8, 4) is 0 Å². The zero-order chi connectivity index (χ0) is 19.6. The van der Waals surface area contributed by atoms with Crippen molar-refractivity contribution in [2.24, 2.45) is 5.10 Å². The summed E-state index contributed by atoms with van der Waals surface area (Å²) in [6.45, 7) is 4.29. The molecule has 0 unspecified atom stereocenters. The fourth-order valence-corrected chi connectivity index (χ4v) is 4.30. The molecule has 2 aliphatic heterocycles. The summed E-state index contributed by atoms with van der Waals surface area (Å²) in [5.74, 6) is -0.205. The molecule has 3 aliphatic rings. The van der Waals surface area contributed by atoms with Crippen LogP contribution in [0.15, 0.2) is 29.3 Å². The highest BCUT2D eigenvalue weighted by atomic mass is 16.5. The first-order valence-corrected chi connectivity index (χ1v) is 10.2. The predicted octanol–water partition coefficient (Wildman–Crippen LogP) is 1.43. The van der Waals surface area contributed by atoms with E-state index in [0.29, 0.717) is 17.0 Å². The third-order valence-corrected chi connectivity index (χ3v) is 5.81. The lowest BCUT2D eigenvalue weighted by Gasteiger charge is -2.27. The number of amides is 1. The summed E-state index contributed by atoms with van der Waals surface area (Å²) in [5.41, 5.74) is 9.35. The Kier molecular flexibility index (Phi) is 4.95. The molecule has 0 saturated carbocycles. The van der Waals surface area contributed by atoms with Gasteiger partial charge in [0.2, 0.25) is 0 Å². The van der Waals surface area contributed by atoms with E-state index in [4.69, 9.17) is 4.74 Å². The fraction of sp³-hybridized carbons (Fsp3) is 0.429. The Morgan fingerprint density at radius 1 is 1.21 bits per heavy atom. The number of aryl methyl sites for hydroxylation is 1. The number of H-pyrrole nitrogens is 1. The minimum Gasteiger partial charge on any atom is -0.379 e. The lowest BCUT2D eigenvalue weighted by Crippen LogP contribution is -2.36. The van der Waals surface area contributed by atoms with Crippen molar-refractivity contribution in [1.29, 1.82) is 0 Å². The Morgan fingerprint density at radius 2 is 2.07 bits per heavy atom. The SMILES string of the molecule is O=C1NN=C(c2ccncn2)C1=Cc1[nH]c2c(c1CN1CCOCC1)CCCC2. The van der Waals surface area contributed by atoms with E-state index in [1.54, 1.807) is 12.3 Å². The van der Waals surface area contributed by atoms with Crippen LogP contribution in [0.1, 0.15) is 41.1 Å². The molecule has 5 rings (SSSR count). The van der Waals surface area contributed by atoms with Crippen LogP contribution in [0.2, 0.25) is 0 Å². The van der Waals surface area contributed by atoms with Gasteiger partial charge < -0.3 is 9.72 Å². The maximum Gasteiger partial charge on any atom is 0.273 e. The molecule has 2 aromatic rings. The average molecular weight is 392 g/mol. The van der Waals surface area contributed by atoms with E-state index in [0.717, 1.165) is 51.4 Å². The lowest BCUT2D eigenvalue weighted by atomic mass is 9.93. The minimum absolute atomic E-state index is 0.205. The highest BCUT2D eigenvalue weighted by molar-refractivity contribution is 6.32. The Labute approximate surface area is 169 Å². The lowest BCUT2D eigenvalue weighted by molar-refractivity contribution is -0.116. The zero-order valence-electron chi connectivity index (χ0n) is 16.3. The number of aromatic nitrogens is 3. The van der Waals surface area contributed by atoms with Crippen LogP contribution in [0.3, 0.4) is 0 Å². The first-order valence-electron chi connectivity index (χ1n) is 10.2. The number of hydrogen-bond donors (Lipinski definition) is 2. The van der Waals surface area contributed by atoms with Crippen molar-refractivity contribution in [1.82, 2.24) is 25.3 Å². The number of carbonyl (C=O) groups is 1. The number of carbonyl (C=O) groups excluding carboxylic acids is 1. The Hall–Kier alpha value is -2.84. The molecule has 1 amide bonds. The standard InChI is InChI=1S/C21H24N6O2/c28-21-15(20(25-26-21)18-5-6-22-13-23-18)11-19-16(12-27-7-9-29-10-8-27)14-3-1-2-4-17(14)24-19/h5-6,11,13,24H,1-4,7-10,12H2,(H,26,28). The Balaban J connectivity index is 1.53. The van der Waals surface area contributed by atoms with Gasteiger partial charge in [-0.3, -0.25) is 9.69 Å². The van der Waals surface area contributed by atoms with Gasteiger partial charge in [0.15, 0.2) is 0 Å². The Bertz CT molecular complexity index is 973. The van der Waals surface area contributed by atoms with Crippen molar-refractivity contribution < 1.29 is 9.53 Å². The van der Waals surface area contributed by atoms with Gasteiger partial charge >= 0.3 is 0 Å². The molecule has 8 nitrogen and oxygen atoms in total. The first kappa shape index (κ1) is 18.2. The fourth-order valence-electron chi connectivity index (χ4n) is 4.30. The summed E-state index contributed by atoms with van der Waals surface area (Å²) >= 11 is 0. The normalized spacial score (nSPS) is 21.2. The van der Waals surface area contributed by atoms with Crippen LogP contribution >= 0.6 is 0 Å². The number of rotatable bonds is 4. The number of hydrogen-bond acceptors (Lipinski definition) is 6. The van der Waals surface area contributed by atoms with Crippen LogP contribution < -0.4 is 5.43 Å². The number of morpholine rings is 1. The molecule has 0 bridgehead atoms. The van der Waals surface area contributed by atoms with Crippen LogP contribution in [0.4, 0.5) is 0 Å². The molecule has 4 heterocycles. The third kappa shape index (κ3) is 3.61. The molecule has 0 radical (unpaired) electrons. The molecule has 2 N–H and O–H groups in total. The van der Waals surface area contributed by atoms with Crippen molar-refractivity contribution >= 4 is 17.7 Å². The van der Waals surface area contributed by atoms with Gasteiger partial charge in [0.1, 0.15) is 12.0 Å². The summed E-state index contributed by atoms with van der Waals surface area (Å²) in [6.07, 6.45) is 9.64. The number of ether oxygens (including phenoxy) is 1. The number of fused-ring (bicyclic) bond motifs is 1. The van der Waals surface area contributed by atoms with Crippen molar-refractivity contribution in [2.45, 2.75) is 32.2 Å². The van der Waals surface area contributed by atoms with E-state index in [2.05, 4.69) is 30.4 Å². The number of nitrogens with one attached hydrogen (secondary N) is 2. The number of hydrazone groups is 1. The van der Waals surface area contributed by atoms with Gasteiger partial charge in [-0.1, -0.05) is 0 Å². The summed E-state index contributed by atoms with van der Waals surface area (Å²) in [4.78, 5) is 26.8. The molecule has 29 heavy (non-hydrogen) atoms. The molecule has 1 aliphatic carbocycles. The maximum atomic E-state index is 12.5. The van der Waals surface area contributed by atoms with E-state index >= 15 is 0 Å². The second kappa shape index (κ2) is 7.88. The molecule has 0 aromatic carbocycles. The average Bonchev–Trinajstić information content (AvgIpc) is 3.30. The molecule has 150 valence electrons. The monoisotopic (exact) mass is 392 g/mol. The zero-order valence-corrected chi connectivity index (χ0v) is 16.3. The smallest absolute Gasteiger partial charge is 0.273 e. The van der Waals surface area contributed by atoms with Crippen LogP contribution in [-0.2, 0) is 28.9 Å². The van der Waals surface area contributed by atoms with Crippen molar-refractivity contribution in [2.75, 3.05) is 26.3 Å². The summed E-state index contributed by atoms with van der Waals surface area (Å²) in [7, 11) is 0. The second-order valence-corrected chi connectivity index (χ2v) is 7.62. The van der Waals surface area contributed by atoms with Crippen molar-refractivity contribution in [3.05, 3.63) is 52.4 Å². The van der Waals surface area contributed by atoms with E-state index in [1.165, 1.54) is 36.0 Å². The number of aromatic amines is 1. The molecule has 2 aromatic heterocycles. The van der Waals surface area contributed by atoms with Gasteiger partial charge in [0.05, 0.1) is 24.5 Å². The summed E-state index contributed by atoms with van der Waals surface area (Å²) in [5, 5.41) is 4.21. The topological polar surface area (TPSA) is 95.5 Å². The van der Waals surface area contributed by atoms with Gasteiger partial charge in [-0.05, 0) is 49.0 Å². The molecular formula is C21H24N6O2. The quantitative estimate of drug-likeness (QED) is 0.768. The van der Waals surface area contributed by atoms with Crippen molar-refractivity contribution in [3.63, 3.8) is 0 Å². The van der Waals surface area contributed by atoms with Gasteiger partial charge in [-0.25, -0.2) is 15.4 Å².